The van der Waals surface area contributed by atoms with Crippen molar-refractivity contribution in [3.63, 3.8) is 0 Å². The standard InChI is InChI=1S/C20H14F2N4O2/c1-28-18-9-8-17-24-16(11-26(17)25-18)12-4-2-5-13(10-12)23-20(27)19-14(21)6-3-7-15(19)22/h2-11H,1H3,(H,23,27). The number of nitrogens with zero attached hydrogens (tertiary/aromatic N) is 3. The van der Waals surface area contributed by atoms with Crippen LogP contribution in [0.25, 0.3) is 16.9 Å². The van der Waals surface area contributed by atoms with Crippen molar-refractivity contribution in [1.29, 1.82) is 0 Å². The summed E-state index contributed by atoms with van der Waals surface area (Å²) < 4.78 is 34.3. The predicted octanol–water partition coefficient (Wildman–Crippen LogP) is 3.94. The minimum atomic E-state index is -0.922. The van der Waals surface area contributed by atoms with E-state index < -0.39 is 23.1 Å². The second kappa shape index (κ2) is 7.07. The van der Waals surface area contributed by atoms with Gasteiger partial charge in [-0.05, 0) is 30.3 Å². The van der Waals surface area contributed by atoms with Crippen molar-refractivity contribution < 1.29 is 18.3 Å². The van der Waals surface area contributed by atoms with Crippen LogP contribution in [0, 0.1) is 11.6 Å². The zero-order chi connectivity index (χ0) is 19.7. The number of imidazole rings is 1. The van der Waals surface area contributed by atoms with Crippen LogP contribution in [0.3, 0.4) is 0 Å². The van der Waals surface area contributed by atoms with Crippen molar-refractivity contribution in [1.82, 2.24) is 14.6 Å². The summed E-state index contributed by atoms with van der Waals surface area (Å²) in [4.78, 5) is 16.8. The fourth-order valence-electron chi connectivity index (χ4n) is 2.78. The number of hydrogen-bond acceptors (Lipinski definition) is 4. The predicted molar refractivity (Wildman–Crippen MR) is 99.3 cm³/mol. The molecule has 0 fully saturated rings. The highest BCUT2D eigenvalue weighted by Crippen LogP contribution is 2.24. The number of ether oxygens (including phenoxy) is 1. The molecule has 2 aromatic carbocycles. The third kappa shape index (κ3) is 3.27. The third-order valence-electron chi connectivity index (χ3n) is 4.11. The fraction of sp³-hybridized carbons (Fsp3) is 0.0500. The molecule has 1 N–H and O–H groups in total. The van der Waals surface area contributed by atoms with E-state index in [2.05, 4.69) is 15.4 Å². The third-order valence-corrected chi connectivity index (χ3v) is 4.11. The average Bonchev–Trinajstić information content (AvgIpc) is 3.11. The molecule has 0 aliphatic heterocycles. The summed E-state index contributed by atoms with van der Waals surface area (Å²) in [7, 11) is 1.52. The zero-order valence-corrected chi connectivity index (χ0v) is 14.7. The molecule has 4 aromatic rings. The number of nitrogens with one attached hydrogen (secondary N) is 1. The minimum absolute atomic E-state index is 0.382. The van der Waals surface area contributed by atoms with E-state index in [4.69, 9.17) is 4.74 Å². The van der Waals surface area contributed by atoms with Crippen LogP contribution >= 0.6 is 0 Å². The number of methoxy groups -OCH3 is 1. The number of fused-ring (bicyclic) bond motifs is 1. The molecule has 0 aliphatic carbocycles. The highest BCUT2D eigenvalue weighted by atomic mass is 19.1. The molecular formula is C20H14F2N4O2. The molecule has 2 heterocycles. The number of halogens is 2. The van der Waals surface area contributed by atoms with Crippen LogP contribution in [0.2, 0.25) is 0 Å². The molecule has 0 saturated carbocycles. The van der Waals surface area contributed by atoms with E-state index >= 15 is 0 Å². The lowest BCUT2D eigenvalue weighted by Crippen LogP contribution is -2.15. The first-order chi connectivity index (χ1) is 13.5. The molecule has 140 valence electrons. The monoisotopic (exact) mass is 380 g/mol. The number of rotatable bonds is 4. The maximum atomic E-state index is 13.8. The van der Waals surface area contributed by atoms with Gasteiger partial charge in [0.05, 0.1) is 19.0 Å². The number of carbonyl (C=O) groups is 1. The molecular weight excluding hydrogens is 366 g/mol. The van der Waals surface area contributed by atoms with Crippen LogP contribution in [-0.2, 0) is 0 Å². The summed E-state index contributed by atoms with van der Waals surface area (Å²) in [6.07, 6.45) is 1.72. The number of hydrogen-bond donors (Lipinski definition) is 1. The second-order valence-corrected chi connectivity index (χ2v) is 5.94. The van der Waals surface area contributed by atoms with E-state index in [0.29, 0.717) is 28.5 Å². The van der Waals surface area contributed by atoms with Gasteiger partial charge in [0.2, 0.25) is 5.88 Å². The Morgan fingerprint density at radius 1 is 1.07 bits per heavy atom. The van der Waals surface area contributed by atoms with Gasteiger partial charge in [0.25, 0.3) is 5.91 Å². The molecule has 0 saturated heterocycles. The molecule has 4 rings (SSSR count). The highest BCUT2D eigenvalue weighted by molar-refractivity contribution is 6.04. The number of amides is 1. The summed E-state index contributed by atoms with van der Waals surface area (Å²) in [5.74, 6) is -2.26. The summed E-state index contributed by atoms with van der Waals surface area (Å²) >= 11 is 0. The molecule has 28 heavy (non-hydrogen) atoms. The van der Waals surface area contributed by atoms with Crippen LogP contribution in [0.15, 0.2) is 60.8 Å². The molecule has 0 bridgehead atoms. The van der Waals surface area contributed by atoms with E-state index in [-0.39, 0.29) is 0 Å². The maximum absolute atomic E-state index is 13.8. The molecule has 0 spiro atoms. The summed E-state index contributed by atoms with van der Waals surface area (Å²) in [5.41, 5.74) is 1.70. The van der Waals surface area contributed by atoms with Crippen LogP contribution < -0.4 is 10.1 Å². The summed E-state index contributed by atoms with van der Waals surface area (Å²) in [5, 5.41) is 6.76. The fourth-order valence-corrected chi connectivity index (χ4v) is 2.78. The molecule has 2 aromatic heterocycles. The zero-order valence-electron chi connectivity index (χ0n) is 14.7. The number of benzene rings is 2. The Bertz CT molecular complexity index is 1170. The smallest absolute Gasteiger partial charge is 0.261 e. The van der Waals surface area contributed by atoms with Gasteiger partial charge in [0.1, 0.15) is 17.2 Å². The number of aromatic nitrogens is 3. The van der Waals surface area contributed by atoms with Gasteiger partial charge in [-0.25, -0.2) is 18.3 Å². The minimum Gasteiger partial charge on any atom is -0.480 e. The molecule has 0 radical (unpaired) electrons. The quantitative estimate of drug-likeness (QED) is 0.582. The molecule has 0 atom stereocenters. The van der Waals surface area contributed by atoms with Crippen molar-refractivity contribution in [2.24, 2.45) is 0 Å². The van der Waals surface area contributed by atoms with Gasteiger partial charge < -0.3 is 10.1 Å². The Kier molecular flexibility index (Phi) is 4.44. The lowest BCUT2D eigenvalue weighted by atomic mass is 10.1. The summed E-state index contributed by atoms with van der Waals surface area (Å²) in [6, 6.07) is 13.5. The van der Waals surface area contributed by atoms with Crippen molar-refractivity contribution in [3.8, 4) is 17.1 Å². The second-order valence-electron chi connectivity index (χ2n) is 5.94. The molecule has 0 aliphatic rings. The van der Waals surface area contributed by atoms with Gasteiger partial charge in [0, 0.05) is 17.3 Å². The first kappa shape index (κ1) is 17.6. The average molecular weight is 380 g/mol. The Morgan fingerprint density at radius 2 is 1.82 bits per heavy atom. The van der Waals surface area contributed by atoms with Crippen molar-refractivity contribution in [2.45, 2.75) is 0 Å². The Hall–Kier alpha value is -3.81. The molecule has 6 nitrogen and oxygen atoms in total. The Balaban J connectivity index is 1.64. The first-order valence-corrected chi connectivity index (χ1v) is 8.31. The first-order valence-electron chi connectivity index (χ1n) is 8.31. The summed E-state index contributed by atoms with van der Waals surface area (Å²) in [6.45, 7) is 0. The molecule has 0 unspecified atom stereocenters. The normalized spacial score (nSPS) is 10.8. The molecule has 1 amide bonds. The van der Waals surface area contributed by atoms with Crippen molar-refractivity contribution in [3.05, 3.63) is 78.0 Å². The van der Waals surface area contributed by atoms with Gasteiger partial charge in [-0.15, -0.1) is 5.10 Å². The maximum Gasteiger partial charge on any atom is 0.261 e. The van der Waals surface area contributed by atoms with E-state index in [0.717, 1.165) is 12.1 Å². The van der Waals surface area contributed by atoms with Gasteiger partial charge in [-0.3, -0.25) is 4.79 Å². The van der Waals surface area contributed by atoms with Gasteiger partial charge >= 0.3 is 0 Å². The Morgan fingerprint density at radius 3 is 2.57 bits per heavy atom. The topological polar surface area (TPSA) is 68.5 Å². The van der Waals surface area contributed by atoms with Crippen LogP contribution in [0.4, 0.5) is 14.5 Å². The van der Waals surface area contributed by atoms with E-state index in [9.17, 15) is 13.6 Å². The SMILES string of the molecule is COc1ccc2nc(-c3cccc(NC(=O)c4c(F)cccc4F)c3)cn2n1. The van der Waals surface area contributed by atoms with Gasteiger partial charge in [-0.1, -0.05) is 18.2 Å². The van der Waals surface area contributed by atoms with Crippen LogP contribution in [0.5, 0.6) is 5.88 Å². The lowest BCUT2D eigenvalue weighted by Gasteiger charge is -2.08. The van der Waals surface area contributed by atoms with Gasteiger partial charge in [0.15, 0.2) is 5.65 Å². The Labute approximate surface area is 158 Å². The number of anilines is 1. The van der Waals surface area contributed by atoms with Crippen molar-refractivity contribution in [2.75, 3.05) is 12.4 Å². The van der Waals surface area contributed by atoms with E-state index in [1.165, 1.54) is 13.2 Å². The van der Waals surface area contributed by atoms with E-state index in [1.807, 2.05) is 0 Å². The largest absolute Gasteiger partial charge is 0.480 e. The molecule has 8 heteroatoms. The van der Waals surface area contributed by atoms with Crippen LogP contribution in [-0.4, -0.2) is 27.6 Å². The number of carbonyl (C=O) groups excluding carboxylic acids is 1. The highest BCUT2D eigenvalue weighted by Gasteiger charge is 2.17. The van der Waals surface area contributed by atoms with Crippen LogP contribution in [0.1, 0.15) is 10.4 Å². The van der Waals surface area contributed by atoms with Gasteiger partial charge in [-0.2, -0.15) is 0 Å². The van der Waals surface area contributed by atoms with E-state index in [1.54, 1.807) is 47.1 Å². The van der Waals surface area contributed by atoms with Crippen molar-refractivity contribution >= 4 is 17.2 Å². The lowest BCUT2D eigenvalue weighted by molar-refractivity contribution is 0.101.